The average molecular weight is 227 g/mol. The van der Waals surface area contributed by atoms with Gasteiger partial charge in [-0.05, 0) is 31.1 Å². The van der Waals surface area contributed by atoms with Gasteiger partial charge in [-0.3, -0.25) is 0 Å². The van der Waals surface area contributed by atoms with Crippen LogP contribution in [0.4, 0.5) is 0 Å². The number of hydrogen-bond donors (Lipinski definition) is 0. The SMILES string of the molecule is CS(=O)(=O)CC1CCC1(C#N)CC1CC1. The van der Waals surface area contributed by atoms with E-state index in [9.17, 15) is 13.7 Å². The molecule has 0 aromatic carbocycles. The fourth-order valence-electron chi connectivity index (χ4n) is 2.60. The number of sulfone groups is 1. The first-order chi connectivity index (χ1) is 6.95. The zero-order valence-electron chi connectivity index (χ0n) is 9.07. The Morgan fingerprint density at radius 3 is 2.40 bits per heavy atom. The molecule has 0 radical (unpaired) electrons. The minimum atomic E-state index is -2.93. The summed E-state index contributed by atoms with van der Waals surface area (Å²) >= 11 is 0. The predicted octanol–water partition coefficient (Wildman–Crippen LogP) is 1.75. The van der Waals surface area contributed by atoms with E-state index in [1.165, 1.54) is 19.1 Å². The van der Waals surface area contributed by atoms with E-state index in [1.54, 1.807) is 0 Å². The molecule has 0 aliphatic heterocycles. The van der Waals surface area contributed by atoms with Crippen molar-refractivity contribution in [1.82, 2.24) is 0 Å². The second-order valence-corrected chi connectivity index (χ2v) is 7.43. The van der Waals surface area contributed by atoms with Gasteiger partial charge in [-0.25, -0.2) is 8.42 Å². The van der Waals surface area contributed by atoms with Gasteiger partial charge in [-0.2, -0.15) is 5.26 Å². The van der Waals surface area contributed by atoms with Crippen molar-refractivity contribution < 1.29 is 8.42 Å². The van der Waals surface area contributed by atoms with Crippen LogP contribution in [0.2, 0.25) is 0 Å². The van der Waals surface area contributed by atoms with E-state index in [0.29, 0.717) is 5.92 Å². The molecule has 0 heterocycles. The molecular weight excluding hydrogens is 210 g/mol. The fourth-order valence-corrected chi connectivity index (χ4v) is 3.82. The lowest BCUT2D eigenvalue weighted by Gasteiger charge is -2.44. The normalized spacial score (nSPS) is 35.6. The lowest BCUT2D eigenvalue weighted by Crippen LogP contribution is -2.43. The maximum atomic E-state index is 11.2. The van der Waals surface area contributed by atoms with Crippen molar-refractivity contribution in [1.29, 1.82) is 5.26 Å². The Balaban J connectivity index is 2.03. The summed E-state index contributed by atoms with van der Waals surface area (Å²) in [7, 11) is -2.93. The Hall–Kier alpha value is -0.560. The number of nitrogens with zero attached hydrogens (tertiary/aromatic N) is 1. The topological polar surface area (TPSA) is 57.9 Å². The largest absolute Gasteiger partial charge is 0.229 e. The minimum absolute atomic E-state index is 0.0955. The van der Waals surface area contributed by atoms with Crippen LogP contribution in [0.1, 0.15) is 32.1 Å². The van der Waals surface area contributed by atoms with Gasteiger partial charge in [0.25, 0.3) is 0 Å². The molecule has 4 heteroatoms. The zero-order chi connectivity index (χ0) is 11.1. The van der Waals surface area contributed by atoms with Gasteiger partial charge in [-0.1, -0.05) is 12.8 Å². The highest BCUT2D eigenvalue weighted by Gasteiger charge is 2.50. The Labute approximate surface area is 91.4 Å². The molecule has 0 bridgehead atoms. The van der Waals surface area contributed by atoms with Crippen LogP contribution in [0.25, 0.3) is 0 Å². The standard InChI is InChI=1S/C11H17NO2S/c1-15(13,14)7-10-4-5-11(10,8-12)6-9-2-3-9/h9-10H,2-7H2,1H3. The van der Waals surface area contributed by atoms with Crippen molar-refractivity contribution >= 4 is 9.84 Å². The summed E-state index contributed by atoms with van der Waals surface area (Å²) < 4.78 is 22.5. The van der Waals surface area contributed by atoms with E-state index in [2.05, 4.69) is 6.07 Å². The first-order valence-corrected chi connectivity index (χ1v) is 7.60. The van der Waals surface area contributed by atoms with Crippen molar-refractivity contribution in [2.45, 2.75) is 32.1 Å². The third-order valence-corrected chi connectivity index (χ3v) is 4.80. The molecule has 84 valence electrons. The Bertz CT molecular complexity index is 391. The molecule has 2 saturated carbocycles. The zero-order valence-corrected chi connectivity index (χ0v) is 9.89. The number of hydrogen-bond acceptors (Lipinski definition) is 3. The van der Waals surface area contributed by atoms with Crippen molar-refractivity contribution in [3.8, 4) is 6.07 Å². The summed E-state index contributed by atoms with van der Waals surface area (Å²) in [6.45, 7) is 0. The number of rotatable bonds is 4. The second-order valence-electron chi connectivity index (χ2n) is 5.24. The smallest absolute Gasteiger partial charge is 0.147 e. The van der Waals surface area contributed by atoms with Crippen LogP contribution in [-0.2, 0) is 9.84 Å². The Morgan fingerprint density at radius 2 is 2.07 bits per heavy atom. The molecule has 0 saturated heterocycles. The molecule has 0 aromatic heterocycles. The van der Waals surface area contributed by atoms with Gasteiger partial charge in [-0.15, -0.1) is 0 Å². The molecule has 0 N–H and O–H groups in total. The van der Waals surface area contributed by atoms with E-state index >= 15 is 0 Å². The van der Waals surface area contributed by atoms with E-state index in [0.717, 1.165) is 19.3 Å². The van der Waals surface area contributed by atoms with Gasteiger partial charge in [0.05, 0.1) is 17.2 Å². The number of nitriles is 1. The summed E-state index contributed by atoms with van der Waals surface area (Å²) in [5.74, 6) is 0.998. The molecular formula is C11H17NO2S. The van der Waals surface area contributed by atoms with Crippen molar-refractivity contribution in [3.05, 3.63) is 0 Å². The first kappa shape index (κ1) is 10.9. The van der Waals surface area contributed by atoms with Crippen molar-refractivity contribution in [3.63, 3.8) is 0 Å². The second kappa shape index (κ2) is 3.48. The van der Waals surface area contributed by atoms with E-state index < -0.39 is 9.84 Å². The van der Waals surface area contributed by atoms with Gasteiger partial charge in [0, 0.05) is 6.26 Å². The summed E-state index contributed by atoms with van der Waals surface area (Å²) in [6, 6.07) is 2.39. The van der Waals surface area contributed by atoms with Crippen LogP contribution in [0.15, 0.2) is 0 Å². The van der Waals surface area contributed by atoms with E-state index in [4.69, 9.17) is 0 Å². The van der Waals surface area contributed by atoms with Crippen molar-refractivity contribution in [2.24, 2.45) is 17.3 Å². The average Bonchev–Trinajstić information content (AvgIpc) is 2.91. The monoisotopic (exact) mass is 227 g/mol. The maximum Gasteiger partial charge on any atom is 0.147 e. The van der Waals surface area contributed by atoms with Crippen LogP contribution < -0.4 is 0 Å². The highest BCUT2D eigenvalue weighted by Crippen LogP contribution is 2.54. The lowest BCUT2D eigenvalue weighted by atomic mass is 9.59. The molecule has 15 heavy (non-hydrogen) atoms. The molecule has 3 nitrogen and oxygen atoms in total. The third kappa shape index (κ3) is 2.34. The Morgan fingerprint density at radius 1 is 1.40 bits per heavy atom. The maximum absolute atomic E-state index is 11.2. The molecule has 2 aliphatic rings. The molecule has 2 atom stereocenters. The molecule has 2 rings (SSSR count). The fraction of sp³-hybridized carbons (Fsp3) is 0.909. The minimum Gasteiger partial charge on any atom is -0.229 e. The van der Waals surface area contributed by atoms with Crippen LogP contribution in [0, 0.1) is 28.6 Å². The summed E-state index contributed by atoms with van der Waals surface area (Å²) in [5, 5.41) is 9.24. The first-order valence-electron chi connectivity index (χ1n) is 5.54. The van der Waals surface area contributed by atoms with Crippen LogP contribution in [0.5, 0.6) is 0 Å². The molecule has 0 amide bonds. The third-order valence-electron chi connectivity index (χ3n) is 3.80. The lowest BCUT2D eigenvalue weighted by molar-refractivity contribution is 0.0943. The highest BCUT2D eigenvalue weighted by atomic mass is 32.2. The Kier molecular flexibility index (Phi) is 2.54. The van der Waals surface area contributed by atoms with Crippen LogP contribution >= 0.6 is 0 Å². The van der Waals surface area contributed by atoms with Crippen molar-refractivity contribution in [2.75, 3.05) is 12.0 Å². The predicted molar refractivity (Wildman–Crippen MR) is 57.8 cm³/mol. The summed E-state index contributed by atoms with van der Waals surface area (Å²) in [4.78, 5) is 0. The highest BCUT2D eigenvalue weighted by molar-refractivity contribution is 7.90. The molecule has 0 aromatic rings. The van der Waals surface area contributed by atoms with E-state index in [-0.39, 0.29) is 17.1 Å². The van der Waals surface area contributed by atoms with Gasteiger partial charge in [0.2, 0.25) is 0 Å². The van der Waals surface area contributed by atoms with Gasteiger partial charge >= 0.3 is 0 Å². The van der Waals surface area contributed by atoms with Crippen LogP contribution in [0.3, 0.4) is 0 Å². The molecule has 0 spiro atoms. The quantitative estimate of drug-likeness (QED) is 0.735. The molecule has 2 fully saturated rings. The van der Waals surface area contributed by atoms with Crippen LogP contribution in [-0.4, -0.2) is 20.4 Å². The summed E-state index contributed by atoms with van der Waals surface area (Å²) in [6.07, 6.45) is 6.48. The van der Waals surface area contributed by atoms with Gasteiger partial charge < -0.3 is 0 Å². The van der Waals surface area contributed by atoms with Gasteiger partial charge in [0.1, 0.15) is 9.84 Å². The van der Waals surface area contributed by atoms with Gasteiger partial charge in [0.15, 0.2) is 0 Å². The molecule has 2 unspecified atom stereocenters. The van der Waals surface area contributed by atoms with E-state index in [1.807, 2.05) is 0 Å². The summed E-state index contributed by atoms with van der Waals surface area (Å²) in [5.41, 5.74) is -0.301. The molecule has 2 aliphatic carbocycles.